The maximum atomic E-state index is 12.8. The van der Waals surface area contributed by atoms with Gasteiger partial charge >= 0.3 is 5.97 Å². The molecule has 0 atom stereocenters. The number of anilines is 2. The van der Waals surface area contributed by atoms with E-state index in [0.717, 1.165) is 0 Å². The number of carbonyl (C=O) groups is 4. The molecule has 150 valence electrons. The number of carboxylic acids is 1. The van der Waals surface area contributed by atoms with Crippen molar-refractivity contribution in [1.29, 1.82) is 0 Å². The van der Waals surface area contributed by atoms with Crippen molar-refractivity contribution < 1.29 is 29.0 Å². The highest BCUT2D eigenvalue weighted by Gasteiger charge is 2.41. The Morgan fingerprint density at radius 1 is 1.10 bits per heavy atom. The molecule has 0 saturated heterocycles. The number of hydrogen-bond acceptors (Lipinski definition) is 5. The van der Waals surface area contributed by atoms with Gasteiger partial charge in [-0.15, -0.1) is 0 Å². The first-order valence-corrected chi connectivity index (χ1v) is 8.87. The third kappa shape index (κ3) is 4.11. The van der Waals surface area contributed by atoms with Crippen LogP contribution in [-0.4, -0.2) is 40.8 Å². The number of carboxylic acid groups (broad SMARTS) is 1. The van der Waals surface area contributed by atoms with Crippen LogP contribution in [0.1, 0.15) is 41.5 Å². The SMILES string of the molecule is CC(=O)c1cccc(NC(=O)CN2C(=O)C(C)(C)Oc3cc(C(=O)O)ccc32)c1. The van der Waals surface area contributed by atoms with Gasteiger partial charge in [-0.1, -0.05) is 12.1 Å². The summed E-state index contributed by atoms with van der Waals surface area (Å²) in [6.07, 6.45) is 0. The zero-order valence-electron chi connectivity index (χ0n) is 16.2. The number of benzene rings is 2. The van der Waals surface area contributed by atoms with Gasteiger partial charge in [0, 0.05) is 11.3 Å². The van der Waals surface area contributed by atoms with E-state index in [4.69, 9.17) is 4.74 Å². The molecule has 0 unspecified atom stereocenters. The minimum Gasteiger partial charge on any atom is -0.478 e. The number of aromatic carboxylic acids is 1. The number of carbonyl (C=O) groups excluding carboxylic acids is 3. The van der Waals surface area contributed by atoms with Gasteiger partial charge in [0.25, 0.3) is 5.91 Å². The Labute approximate surface area is 167 Å². The van der Waals surface area contributed by atoms with Crippen LogP contribution in [0.5, 0.6) is 5.75 Å². The fourth-order valence-corrected chi connectivity index (χ4v) is 3.02. The lowest BCUT2D eigenvalue weighted by Crippen LogP contribution is -2.54. The highest BCUT2D eigenvalue weighted by atomic mass is 16.5. The minimum absolute atomic E-state index is 0.0133. The van der Waals surface area contributed by atoms with Crippen LogP contribution in [0.2, 0.25) is 0 Å². The molecule has 1 aliphatic rings. The average Bonchev–Trinajstić information content (AvgIpc) is 2.64. The van der Waals surface area contributed by atoms with Crippen molar-refractivity contribution in [3.63, 3.8) is 0 Å². The lowest BCUT2D eigenvalue weighted by Gasteiger charge is -2.38. The molecule has 0 spiro atoms. The van der Waals surface area contributed by atoms with E-state index < -0.39 is 23.4 Å². The summed E-state index contributed by atoms with van der Waals surface area (Å²) >= 11 is 0. The van der Waals surface area contributed by atoms with Crippen LogP contribution in [0.4, 0.5) is 11.4 Å². The van der Waals surface area contributed by atoms with E-state index in [-0.39, 0.29) is 23.6 Å². The smallest absolute Gasteiger partial charge is 0.335 e. The molecule has 0 aliphatic carbocycles. The Bertz CT molecular complexity index is 1030. The second-order valence-electron chi connectivity index (χ2n) is 7.18. The number of amides is 2. The Morgan fingerprint density at radius 2 is 1.83 bits per heavy atom. The number of nitrogens with zero attached hydrogens (tertiary/aromatic N) is 1. The van der Waals surface area contributed by atoms with Gasteiger partial charge in [-0.3, -0.25) is 19.3 Å². The van der Waals surface area contributed by atoms with E-state index in [2.05, 4.69) is 5.32 Å². The summed E-state index contributed by atoms with van der Waals surface area (Å²) in [6, 6.07) is 10.6. The summed E-state index contributed by atoms with van der Waals surface area (Å²) < 4.78 is 5.67. The molecule has 8 heteroatoms. The van der Waals surface area contributed by atoms with Crippen molar-refractivity contribution in [2.24, 2.45) is 0 Å². The van der Waals surface area contributed by atoms with Crippen LogP contribution < -0.4 is 15.0 Å². The van der Waals surface area contributed by atoms with Crippen LogP contribution in [0.25, 0.3) is 0 Å². The Hall–Kier alpha value is -3.68. The molecule has 8 nitrogen and oxygen atoms in total. The van der Waals surface area contributed by atoms with Gasteiger partial charge in [-0.2, -0.15) is 0 Å². The van der Waals surface area contributed by atoms with E-state index in [1.165, 1.54) is 30.0 Å². The van der Waals surface area contributed by atoms with Crippen LogP contribution in [0.3, 0.4) is 0 Å². The van der Waals surface area contributed by atoms with Crippen LogP contribution in [0, 0.1) is 0 Å². The molecule has 0 bridgehead atoms. The van der Waals surface area contributed by atoms with E-state index in [9.17, 15) is 24.3 Å². The maximum Gasteiger partial charge on any atom is 0.335 e. The molecule has 2 N–H and O–H groups in total. The molecule has 2 amide bonds. The molecular weight excluding hydrogens is 376 g/mol. The summed E-state index contributed by atoms with van der Waals surface area (Å²) in [5.41, 5.74) is -0.0489. The van der Waals surface area contributed by atoms with Crippen molar-refractivity contribution in [2.45, 2.75) is 26.4 Å². The highest BCUT2D eigenvalue weighted by Crippen LogP contribution is 2.38. The van der Waals surface area contributed by atoms with E-state index >= 15 is 0 Å². The third-order valence-corrected chi connectivity index (χ3v) is 4.48. The molecule has 3 rings (SSSR count). The number of rotatable bonds is 5. The Kier molecular flexibility index (Phi) is 5.11. The van der Waals surface area contributed by atoms with Crippen LogP contribution in [-0.2, 0) is 9.59 Å². The summed E-state index contributed by atoms with van der Waals surface area (Å²) in [5, 5.41) is 11.9. The second kappa shape index (κ2) is 7.38. The molecule has 2 aromatic rings. The molecule has 2 aromatic carbocycles. The fraction of sp³-hybridized carbons (Fsp3) is 0.238. The standard InChI is InChI=1S/C21H20N2O6/c1-12(24)13-5-4-6-15(9-13)22-18(25)11-23-16-8-7-14(19(26)27)10-17(16)29-21(2,3)20(23)28/h4-10H,11H2,1-3H3,(H,22,25)(H,26,27). The molecule has 0 aromatic heterocycles. The van der Waals surface area contributed by atoms with E-state index in [0.29, 0.717) is 16.9 Å². The van der Waals surface area contributed by atoms with Gasteiger partial charge in [0.15, 0.2) is 11.4 Å². The first-order chi connectivity index (χ1) is 13.6. The molecule has 1 aliphatic heterocycles. The summed E-state index contributed by atoms with van der Waals surface area (Å²) in [6.45, 7) is 4.23. The van der Waals surface area contributed by atoms with Gasteiger partial charge in [-0.25, -0.2) is 4.79 Å². The third-order valence-electron chi connectivity index (χ3n) is 4.48. The predicted octanol–water partition coefficient (Wildman–Crippen LogP) is 2.73. The molecule has 0 fully saturated rings. The Balaban J connectivity index is 1.87. The van der Waals surface area contributed by atoms with Crippen molar-refractivity contribution in [3.8, 4) is 5.75 Å². The highest BCUT2D eigenvalue weighted by molar-refractivity contribution is 6.08. The molecule has 29 heavy (non-hydrogen) atoms. The van der Waals surface area contributed by atoms with Crippen molar-refractivity contribution in [3.05, 3.63) is 53.6 Å². The first kappa shape index (κ1) is 20.1. The summed E-state index contributed by atoms with van der Waals surface area (Å²) in [4.78, 5) is 49.4. The van der Waals surface area contributed by atoms with Crippen molar-refractivity contribution in [1.82, 2.24) is 0 Å². The zero-order chi connectivity index (χ0) is 21.3. The van der Waals surface area contributed by atoms with E-state index in [1.54, 1.807) is 38.1 Å². The monoisotopic (exact) mass is 396 g/mol. The number of ether oxygens (including phenoxy) is 1. The van der Waals surface area contributed by atoms with E-state index in [1.807, 2.05) is 0 Å². The zero-order valence-corrected chi connectivity index (χ0v) is 16.2. The molecule has 0 radical (unpaired) electrons. The number of nitrogens with one attached hydrogen (secondary N) is 1. The van der Waals surface area contributed by atoms with Gasteiger partial charge < -0.3 is 15.2 Å². The first-order valence-electron chi connectivity index (χ1n) is 8.87. The van der Waals surface area contributed by atoms with Gasteiger partial charge in [0.2, 0.25) is 5.91 Å². The number of ketones is 1. The molecule has 1 heterocycles. The molecular formula is C21H20N2O6. The average molecular weight is 396 g/mol. The fourth-order valence-electron chi connectivity index (χ4n) is 3.02. The minimum atomic E-state index is -1.26. The van der Waals surface area contributed by atoms with Gasteiger partial charge in [0.1, 0.15) is 12.3 Å². The van der Waals surface area contributed by atoms with Crippen LogP contribution in [0.15, 0.2) is 42.5 Å². The van der Waals surface area contributed by atoms with Gasteiger partial charge in [0.05, 0.1) is 11.3 Å². The van der Waals surface area contributed by atoms with Gasteiger partial charge in [-0.05, 0) is 51.1 Å². The normalized spacial score (nSPS) is 14.6. The lowest BCUT2D eigenvalue weighted by molar-refractivity contribution is -0.133. The quantitative estimate of drug-likeness (QED) is 0.752. The molecule has 0 saturated carbocycles. The second-order valence-corrected chi connectivity index (χ2v) is 7.18. The van der Waals surface area contributed by atoms with Crippen molar-refractivity contribution >= 4 is 34.9 Å². The summed E-state index contributed by atoms with van der Waals surface area (Å²) in [7, 11) is 0. The maximum absolute atomic E-state index is 12.8. The Morgan fingerprint density at radius 3 is 2.48 bits per heavy atom. The number of fused-ring (bicyclic) bond motifs is 1. The van der Waals surface area contributed by atoms with Crippen LogP contribution >= 0.6 is 0 Å². The number of hydrogen-bond donors (Lipinski definition) is 2. The summed E-state index contributed by atoms with van der Waals surface area (Å²) in [5.74, 6) is -1.94. The van der Waals surface area contributed by atoms with Crippen molar-refractivity contribution in [2.75, 3.05) is 16.8 Å². The lowest BCUT2D eigenvalue weighted by atomic mass is 10.0. The predicted molar refractivity (Wildman–Crippen MR) is 106 cm³/mol. The largest absolute Gasteiger partial charge is 0.478 e. The number of Topliss-reactive ketones (excluding diaryl/α,β-unsaturated/α-hetero) is 1. The topological polar surface area (TPSA) is 113 Å².